The normalized spacial score (nSPS) is 12.4. The van der Waals surface area contributed by atoms with Crippen molar-refractivity contribution in [3.05, 3.63) is 90.1 Å². The van der Waals surface area contributed by atoms with Crippen LogP contribution in [0, 0.1) is 0 Å². The summed E-state index contributed by atoms with van der Waals surface area (Å²) < 4.78 is 86.4. The van der Waals surface area contributed by atoms with Gasteiger partial charge in [-0.05, 0) is 36.4 Å². The first-order valence-corrected chi connectivity index (χ1v) is 10.9. The number of fused-ring (bicyclic) bond motifs is 3. The Labute approximate surface area is 202 Å². The van der Waals surface area contributed by atoms with Gasteiger partial charge in [0.15, 0.2) is 0 Å². The molecule has 0 atom stereocenters. The van der Waals surface area contributed by atoms with Gasteiger partial charge in [-0.2, -0.15) is 26.3 Å². The van der Waals surface area contributed by atoms with Gasteiger partial charge in [0.25, 0.3) is 0 Å². The lowest BCUT2D eigenvalue weighted by molar-refractivity contribution is -0.142. The summed E-state index contributed by atoms with van der Waals surface area (Å²) in [7, 11) is 3.44. The number of benzene rings is 3. The highest BCUT2D eigenvalue weighted by Gasteiger charge is 2.41. The van der Waals surface area contributed by atoms with E-state index in [4.69, 9.17) is 0 Å². The molecule has 0 N–H and O–H groups in total. The Kier molecular flexibility index (Phi) is 5.46. The smallest absolute Gasteiger partial charge is 0.378 e. The molecule has 36 heavy (non-hydrogen) atoms. The molecule has 0 spiro atoms. The van der Waals surface area contributed by atoms with Crippen LogP contribution in [0.1, 0.15) is 11.1 Å². The van der Waals surface area contributed by atoms with Gasteiger partial charge < -0.3 is 9.47 Å². The van der Waals surface area contributed by atoms with Gasteiger partial charge in [-0.3, -0.25) is 4.98 Å². The molecular weight excluding hydrogens is 480 g/mol. The monoisotopic (exact) mass is 499 g/mol. The van der Waals surface area contributed by atoms with Crippen molar-refractivity contribution >= 4 is 27.5 Å². The summed E-state index contributed by atoms with van der Waals surface area (Å²) in [6.07, 6.45) is -8.70. The molecule has 0 aliphatic carbocycles. The number of hydrogen-bond donors (Lipinski definition) is 0. The second-order valence-corrected chi connectivity index (χ2v) is 8.58. The minimum absolute atomic E-state index is 0.00494. The van der Waals surface area contributed by atoms with E-state index >= 15 is 0 Å². The van der Waals surface area contributed by atoms with Crippen LogP contribution in [0.4, 0.5) is 32.0 Å². The third kappa shape index (κ3) is 3.94. The largest absolute Gasteiger partial charge is 0.418 e. The molecule has 0 unspecified atom stereocenters. The SMILES string of the molecule is CN(C)c1ccnc(-c2cc(C(F)(F)F)cc(C(F)(F)F)c2-n2c3ccccc3c3ccccc32)c1. The van der Waals surface area contributed by atoms with Crippen molar-refractivity contribution in [2.24, 2.45) is 0 Å². The molecule has 3 aromatic carbocycles. The second-order valence-electron chi connectivity index (χ2n) is 8.58. The summed E-state index contributed by atoms with van der Waals surface area (Å²) in [6.45, 7) is 0. The fourth-order valence-electron chi connectivity index (χ4n) is 4.46. The van der Waals surface area contributed by atoms with Crippen LogP contribution in [-0.2, 0) is 12.4 Å². The fourth-order valence-corrected chi connectivity index (χ4v) is 4.46. The third-order valence-corrected chi connectivity index (χ3v) is 6.08. The van der Waals surface area contributed by atoms with Crippen molar-refractivity contribution in [1.29, 1.82) is 0 Å². The molecular formula is C27H19F6N3. The van der Waals surface area contributed by atoms with Gasteiger partial charge >= 0.3 is 12.4 Å². The highest BCUT2D eigenvalue weighted by molar-refractivity contribution is 6.09. The van der Waals surface area contributed by atoms with E-state index in [1.165, 1.54) is 16.8 Å². The van der Waals surface area contributed by atoms with E-state index in [-0.39, 0.29) is 17.3 Å². The van der Waals surface area contributed by atoms with Crippen molar-refractivity contribution < 1.29 is 26.3 Å². The van der Waals surface area contributed by atoms with Crippen LogP contribution in [0.3, 0.4) is 0 Å². The molecule has 0 bridgehead atoms. The average molecular weight is 499 g/mol. The van der Waals surface area contributed by atoms with Gasteiger partial charge in [0.05, 0.1) is 33.5 Å². The number of para-hydroxylation sites is 2. The predicted octanol–water partition coefficient (Wildman–Crippen LogP) is 7.95. The van der Waals surface area contributed by atoms with E-state index in [1.54, 1.807) is 73.6 Å². The Morgan fingerprint density at radius 3 is 1.83 bits per heavy atom. The van der Waals surface area contributed by atoms with Crippen molar-refractivity contribution in [1.82, 2.24) is 9.55 Å². The van der Waals surface area contributed by atoms with Gasteiger partial charge in [-0.1, -0.05) is 36.4 Å². The first-order chi connectivity index (χ1) is 17.0. The molecule has 2 heterocycles. The van der Waals surface area contributed by atoms with Crippen LogP contribution < -0.4 is 4.90 Å². The molecule has 0 aliphatic rings. The quantitative estimate of drug-likeness (QED) is 0.235. The first kappa shape index (κ1) is 23.7. The molecule has 0 radical (unpaired) electrons. The van der Waals surface area contributed by atoms with Crippen LogP contribution >= 0.6 is 0 Å². The maximum atomic E-state index is 14.5. The molecule has 0 amide bonds. The molecule has 9 heteroatoms. The zero-order valence-corrected chi connectivity index (χ0v) is 19.1. The fraction of sp³-hybridized carbons (Fsp3) is 0.148. The summed E-state index contributed by atoms with van der Waals surface area (Å²) in [5.74, 6) is 0. The number of hydrogen-bond acceptors (Lipinski definition) is 2. The van der Waals surface area contributed by atoms with Crippen LogP contribution in [0.15, 0.2) is 79.0 Å². The summed E-state index contributed by atoms with van der Waals surface area (Å²) in [6, 6.07) is 17.8. The zero-order chi connectivity index (χ0) is 25.8. The van der Waals surface area contributed by atoms with Crippen LogP contribution in [0.2, 0.25) is 0 Å². The van der Waals surface area contributed by atoms with E-state index < -0.39 is 29.2 Å². The lowest BCUT2D eigenvalue weighted by atomic mass is 9.98. The Morgan fingerprint density at radius 2 is 1.31 bits per heavy atom. The Balaban J connectivity index is 2.00. The molecule has 5 rings (SSSR count). The average Bonchev–Trinajstić information content (AvgIpc) is 3.16. The molecule has 184 valence electrons. The molecule has 2 aromatic heterocycles. The van der Waals surface area contributed by atoms with Crippen molar-refractivity contribution in [2.45, 2.75) is 12.4 Å². The van der Waals surface area contributed by atoms with E-state index in [0.717, 1.165) is 6.07 Å². The maximum Gasteiger partial charge on any atom is 0.418 e. The van der Waals surface area contributed by atoms with Crippen molar-refractivity contribution in [3.63, 3.8) is 0 Å². The van der Waals surface area contributed by atoms with Crippen LogP contribution in [0.5, 0.6) is 0 Å². The third-order valence-electron chi connectivity index (χ3n) is 6.08. The standard InChI is InChI=1S/C27H19F6N3/c1-35(2)17-11-12-34-22(15-17)20-13-16(26(28,29)30)14-21(27(31,32)33)25(20)36-23-9-5-3-7-18(23)19-8-4-6-10-24(19)36/h3-15H,1-2H3. The van der Waals surface area contributed by atoms with Crippen molar-refractivity contribution in [3.8, 4) is 16.9 Å². The van der Waals surface area contributed by atoms with Gasteiger partial charge in [-0.15, -0.1) is 0 Å². The molecule has 0 aliphatic heterocycles. The Morgan fingerprint density at radius 1 is 0.722 bits per heavy atom. The van der Waals surface area contributed by atoms with Crippen LogP contribution in [-0.4, -0.2) is 23.6 Å². The molecule has 0 saturated carbocycles. The van der Waals surface area contributed by atoms with Crippen molar-refractivity contribution in [2.75, 3.05) is 19.0 Å². The molecule has 5 aromatic rings. The lowest BCUT2D eigenvalue weighted by Crippen LogP contribution is -2.16. The number of alkyl halides is 6. The first-order valence-electron chi connectivity index (χ1n) is 10.9. The number of pyridine rings is 1. The maximum absolute atomic E-state index is 14.5. The Hall–Kier alpha value is -4.01. The van der Waals surface area contributed by atoms with Gasteiger partial charge in [0.1, 0.15) is 0 Å². The predicted molar refractivity (Wildman–Crippen MR) is 128 cm³/mol. The van der Waals surface area contributed by atoms with Gasteiger partial charge in [0.2, 0.25) is 0 Å². The Bertz CT molecular complexity index is 1540. The van der Waals surface area contributed by atoms with E-state index in [0.29, 0.717) is 27.5 Å². The zero-order valence-electron chi connectivity index (χ0n) is 19.1. The lowest BCUT2D eigenvalue weighted by Gasteiger charge is -2.22. The number of anilines is 1. The van der Waals surface area contributed by atoms with Gasteiger partial charge in [0, 0.05) is 42.3 Å². The molecule has 0 saturated heterocycles. The van der Waals surface area contributed by atoms with E-state index in [9.17, 15) is 26.3 Å². The number of halogens is 6. The van der Waals surface area contributed by atoms with Gasteiger partial charge in [-0.25, -0.2) is 0 Å². The minimum Gasteiger partial charge on any atom is -0.378 e. The topological polar surface area (TPSA) is 21.1 Å². The minimum atomic E-state index is -5.07. The second kappa shape index (κ2) is 8.29. The highest BCUT2D eigenvalue weighted by atomic mass is 19.4. The summed E-state index contributed by atoms with van der Waals surface area (Å²) in [4.78, 5) is 5.89. The molecule has 0 fully saturated rings. The summed E-state index contributed by atoms with van der Waals surface area (Å²) in [5.41, 5.74) is -2.01. The van der Waals surface area contributed by atoms with E-state index in [2.05, 4.69) is 4.98 Å². The number of aromatic nitrogens is 2. The highest BCUT2D eigenvalue weighted by Crippen LogP contribution is 2.46. The summed E-state index contributed by atoms with van der Waals surface area (Å²) in [5, 5.41) is 1.36. The van der Waals surface area contributed by atoms with E-state index in [1.807, 2.05) is 0 Å². The van der Waals surface area contributed by atoms with Crippen LogP contribution in [0.25, 0.3) is 38.8 Å². The number of nitrogens with zero attached hydrogens (tertiary/aromatic N) is 3. The molecule has 3 nitrogen and oxygen atoms in total. The number of rotatable bonds is 3. The summed E-state index contributed by atoms with van der Waals surface area (Å²) >= 11 is 0.